The van der Waals surface area contributed by atoms with Gasteiger partial charge >= 0.3 is 5.97 Å². The summed E-state index contributed by atoms with van der Waals surface area (Å²) in [7, 11) is 0. The number of carboxylic acids is 1. The van der Waals surface area contributed by atoms with Crippen molar-refractivity contribution < 1.29 is 14.7 Å². The number of carbonyl (C=O) groups excluding carboxylic acids is 1. The van der Waals surface area contributed by atoms with Gasteiger partial charge in [0, 0.05) is 12.0 Å². The maximum Gasteiger partial charge on any atom is 0.308 e. The number of hydrogen-bond donors (Lipinski definition) is 2. The second-order valence-corrected chi connectivity index (χ2v) is 4.76. The first-order valence-electron chi connectivity index (χ1n) is 6.05. The van der Waals surface area contributed by atoms with Crippen molar-refractivity contribution in [1.82, 2.24) is 5.32 Å². The van der Waals surface area contributed by atoms with Gasteiger partial charge in [-0.1, -0.05) is 19.3 Å². The lowest BCUT2D eigenvalue weighted by Crippen LogP contribution is -2.43. The Morgan fingerprint density at radius 3 is 2.25 bits per heavy atom. The number of nitrogens with one attached hydrogen (secondary N) is 1. The van der Waals surface area contributed by atoms with Gasteiger partial charge in [-0.15, -0.1) is 0 Å². The highest BCUT2D eigenvalue weighted by molar-refractivity contribution is 5.80. The standard InChI is InChI=1S/C12H21NO3/c1-8(12(15)16)9(2)13-11(14)10-6-4-3-5-7-10/h8-10H,3-7H2,1-2H3,(H,13,14)(H,15,16). The van der Waals surface area contributed by atoms with Crippen LogP contribution < -0.4 is 5.32 Å². The number of rotatable bonds is 4. The lowest BCUT2D eigenvalue weighted by Gasteiger charge is -2.24. The Bertz CT molecular complexity index is 259. The summed E-state index contributed by atoms with van der Waals surface area (Å²) in [6.07, 6.45) is 5.33. The second kappa shape index (κ2) is 5.87. The van der Waals surface area contributed by atoms with Crippen molar-refractivity contribution in [3.05, 3.63) is 0 Å². The molecule has 0 aromatic heterocycles. The van der Waals surface area contributed by atoms with Crippen LogP contribution in [0.25, 0.3) is 0 Å². The molecule has 1 aliphatic rings. The molecule has 0 saturated heterocycles. The van der Waals surface area contributed by atoms with Gasteiger partial charge in [0.2, 0.25) is 5.91 Å². The van der Waals surface area contributed by atoms with E-state index in [-0.39, 0.29) is 17.9 Å². The summed E-state index contributed by atoms with van der Waals surface area (Å²) >= 11 is 0. The summed E-state index contributed by atoms with van der Waals surface area (Å²) < 4.78 is 0. The molecule has 0 aromatic carbocycles. The van der Waals surface area contributed by atoms with Crippen LogP contribution >= 0.6 is 0 Å². The zero-order valence-electron chi connectivity index (χ0n) is 10.0. The van der Waals surface area contributed by atoms with Gasteiger partial charge in [0.25, 0.3) is 0 Å². The fourth-order valence-corrected chi connectivity index (χ4v) is 2.05. The molecular formula is C12H21NO3. The summed E-state index contributed by atoms with van der Waals surface area (Å²) in [4.78, 5) is 22.6. The van der Waals surface area contributed by atoms with Gasteiger partial charge in [0.05, 0.1) is 5.92 Å². The van der Waals surface area contributed by atoms with Crippen LogP contribution in [0.1, 0.15) is 46.0 Å². The molecule has 0 aliphatic heterocycles. The Morgan fingerprint density at radius 1 is 1.19 bits per heavy atom. The average molecular weight is 227 g/mol. The zero-order chi connectivity index (χ0) is 12.1. The zero-order valence-corrected chi connectivity index (χ0v) is 10.0. The van der Waals surface area contributed by atoms with Crippen LogP contribution in [0.5, 0.6) is 0 Å². The van der Waals surface area contributed by atoms with E-state index in [1.54, 1.807) is 13.8 Å². The number of carbonyl (C=O) groups is 2. The van der Waals surface area contributed by atoms with E-state index in [1.807, 2.05) is 0 Å². The smallest absolute Gasteiger partial charge is 0.308 e. The van der Waals surface area contributed by atoms with Gasteiger partial charge in [0.15, 0.2) is 0 Å². The maximum atomic E-state index is 11.8. The van der Waals surface area contributed by atoms with E-state index in [0.29, 0.717) is 0 Å². The average Bonchev–Trinajstić information content (AvgIpc) is 2.28. The Kier molecular flexibility index (Phi) is 4.77. The first kappa shape index (κ1) is 13.0. The van der Waals surface area contributed by atoms with E-state index in [4.69, 9.17) is 5.11 Å². The predicted molar refractivity (Wildman–Crippen MR) is 61.0 cm³/mol. The lowest BCUT2D eigenvalue weighted by molar-refractivity contribution is -0.142. The van der Waals surface area contributed by atoms with Gasteiger partial charge in [-0.05, 0) is 26.7 Å². The molecule has 4 heteroatoms. The highest BCUT2D eigenvalue weighted by atomic mass is 16.4. The Labute approximate surface area is 96.4 Å². The van der Waals surface area contributed by atoms with Crippen molar-refractivity contribution in [3.63, 3.8) is 0 Å². The number of amides is 1. The molecule has 0 bridgehead atoms. The van der Waals surface area contributed by atoms with Crippen LogP contribution in [-0.2, 0) is 9.59 Å². The number of aliphatic carboxylic acids is 1. The van der Waals surface area contributed by atoms with Crippen molar-refractivity contribution in [3.8, 4) is 0 Å². The molecule has 1 amide bonds. The monoisotopic (exact) mass is 227 g/mol. The first-order valence-corrected chi connectivity index (χ1v) is 6.05. The second-order valence-electron chi connectivity index (χ2n) is 4.76. The topological polar surface area (TPSA) is 66.4 Å². The van der Waals surface area contributed by atoms with Crippen molar-refractivity contribution in [2.45, 2.75) is 52.0 Å². The molecule has 0 spiro atoms. The van der Waals surface area contributed by atoms with Crippen molar-refractivity contribution in [2.24, 2.45) is 11.8 Å². The van der Waals surface area contributed by atoms with Crippen molar-refractivity contribution >= 4 is 11.9 Å². The van der Waals surface area contributed by atoms with Crippen LogP contribution in [0, 0.1) is 11.8 Å². The molecule has 1 saturated carbocycles. The first-order chi connectivity index (χ1) is 7.52. The third kappa shape index (κ3) is 3.51. The Balaban J connectivity index is 2.40. The molecule has 1 rings (SSSR count). The van der Waals surface area contributed by atoms with E-state index in [2.05, 4.69) is 5.32 Å². The molecular weight excluding hydrogens is 206 g/mol. The third-order valence-corrected chi connectivity index (χ3v) is 3.49. The molecule has 2 N–H and O–H groups in total. The fourth-order valence-electron chi connectivity index (χ4n) is 2.05. The largest absolute Gasteiger partial charge is 0.481 e. The maximum absolute atomic E-state index is 11.8. The summed E-state index contributed by atoms with van der Waals surface area (Å²) in [5.41, 5.74) is 0. The van der Waals surface area contributed by atoms with Crippen LogP contribution in [0.3, 0.4) is 0 Å². The van der Waals surface area contributed by atoms with Crippen LogP contribution in [0.15, 0.2) is 0 Å². The molecule has 1 aliphatic carbocycles. The minimum Gasteiger partial charge on any atom is -0.481 e. The summed E-state index contributed by atoms with van der Waals surface area (Å²) in [6.45, 7) is 3.37. The summed E-state index contributed by atoms with van der Waals surface area (Å²) in [6, 6.07) is -0.299. The van der Waals surface area contributed by atoms with Crippen molar-refractivity contribution in [2.75, 3.05) is 0 Å². The highest BCUT2D eigenvalue weighted by Crippen LogP contribution is 2.23. The van der Waals surface area contributed by atoms with Crippen molar-refractivity contribution in [1.29, 1.82) is 0 Å². The molecule has 2 atom stereocenters. The lowest BCUT2D eigenvalue weighted by atomic mass is 9.88. The molecule has 16 heavy (non-hydrogen) atoms. The minimum absolute atomic E-state index is 0.0281. The predicted octanol–water partition coefficient (Wildman–Crippen LogP) is 1.79. The van der Waals surface area contributed by atoms with Crippen LogP contribution in [-0.4, -0.2) is 23.0 Å². The van der Waals surface area contributed by atoms with Gasteiger partial charge in [-0.2, -0.15) is 0 Å². The molecule has 2 unspecified atom stereocenters. The molecule has 0 aromatic rings. The molecule has 0 heterocycles. The quantitative estimate of drug-likeness (QED) is 0.769. The van der Waals surface area contributed by atoms with Gasteiger partial charge < -0.3 is 10.4 Å². The number of carboxylic acid groups (broad SMARTS) is 1. The molecule has 4 nitrogen and oxygen atoms in total. The Hall–Kier alpha value is -1.06. The van der Waals surface area contributed by atoms with Gasteiger partial charge in [-0.25, -0.2) is 0 Å². The fraction of sp³-hybridized carbons (Fsp3) is 0.833. The molecule has 1 fully saturated rings. The number of hydrogen-bond acceptors (Lipinski definition) is 2. The molecule has 0 radical (unpaired) electrons. The van der Waals surface area contributed by atoms with Gasteiger partial charge in [0.1, 0.15) is 0 Å². The van der Waals surface area contributed by atoms with E-state index in [0.717, 1.165) is 25.7 Å². The normalized spacial score (nSPS) is 21.1. The summed E-state index contributed by atoms with van der Waals surface area (Å²) in [5.74, 6) is -1.28. The van der Waals surface area contributed by atoms with E-state index < -0.39 is 11.9 Å². The third-order valence-electron chi connectivity index (χ3n) is 3.49. The highest BCUT2D eigenvalue weighted by Gasteiger charge is 2.25. The van der Waals surface area contributed by atoms with Gasteiger partial charge in [-0.3, -0.25) is 9.59 Å². The van der Waals surface area contributed by atoms with Crippen LogP contribution in [0.4, 0.5) is 0 Å². The molecule has 92 valence electrons. The van der Waals surface area contributed by atoms with E-state index in [9.17, 15) is 9.59 Å². The minimum atomic E-state index is -0.864. The summed E-state index contributed by atoms with van der Waals surface area (Å²) in [5, 5.41) is 11.6. The Morgan fingerprint density at radius 2 is 1.75 bits per heavy atom. The van der Waals surface area contributed by atoms with E-state index >= 15 is 0 Å². The van der Waals surface area contributed by atoms with Crippen LogP contribution in [0.2, 0.25) is 0 Å². The SMILES string of the molecule is CC(NC(=O)C1CCCCC1)C(C)C(=O)O. The van der Waals surface area contributed by atoms with E-state index in [1.165, 1.54) is 6.42 Å².